The van der Waals surface area contributed by atoms with Gasteiger partial charge in [0.2, 0.25) is 5.78 Å². The minimum atomic E-state index is -7.22. The van der Waals surface area contributed by atoms with Gasteiger partial charge in [-0.2, -0.15) is 0 Å². The van der Waals surface area contributed by atoms with Crippen LogP contribution >= 0.6 is 15.9 Å². The molecule has 0 amide bonds. The predicted molar refractivity (Wildman–Crippen MR) is 172 cm³/mol. The van der Waals surface area contributed by atoms with Crippen molar-refractivity contribution in [3.05, 3.63) is 151 Å². The van der Waals surface area contributed by atoms with Crippen LogP contribution in [0.3, 0.4) is 0 Å². The summed E-state index contributed by atoms with van der Waals surface area (Å²) in [7, 11) is 0.182. The third-order valence-corrected chi connectivity index (χ3v) is 9.61. The third-order valence-electron chi connectivity index (χ3n) is 8.27. The number of carbonyl (C=O) groups excluding carboxylic acids is 1. The molecule has 24 heteroatoms. The molecular formula is C34H12BBrF20OS. The van der Waals surface area contributed by atoms with E-state index in [-0.39, 0.29) is 16.7 Å². The van der Waals surface area contributed by atoms with E-state index in [1.807, 2.05) is 24.3 Å². The highest BCUT2D eigenvalue weighted by molar-refractivity contribution is 9.10. The number of halogens is 21. The van der Waals surface area contributed by atoms with Gasteiger partial charge in [0.05, 0.1) is 12.5 Å². The van der Waals surface area contributed by atoms with Gasteiger partial charge in [-0.25, -0.2) is 87.8 Å². The molecule has 0 bridgehead atoms. The van der Waals surface area contributed by atoms with Crippen molar-refractivity contribution in [2.75, 3.05) is 18.3 Å². The molecule has 0 atom stereocenters. The third kappa shape index (κ3) is 7.29. The van der Waals surface area contributed by atoms with E-state index in [0.717, 1.165) is 10.0 Å². The zero-order valence-electron chi connectivity index (χ0n) is 27.8. The highest BCUT2D eigenvalue weighted by Gasteiger charge is 2.52. The van der Waals surface area contributed by atoms with Crippen LogP contribution in [-0.4, -0.2) is 30.2 Å². The van der Waals surface area contributed by atoms with E-state index in [1.165, 1.54) is 0 Å². The maximum absolute atomic E-state index is 15.4. The molecule has 5 aromatic carbocycles. The SMILES string of the molecule is C[S+](C)CC(=O)c1cccc(Br)c1.Fc1c(F)c(F)c([B-](c2c(F)c(F)c(F)c(F)c2F)(c2c(F)c(F)c(F)c(F)c2F)c2c(F)c(F)c(F)c(F)c2F)c(F)c1F. The summed E-state index contributed by atoms with van der Waals surface area (Å²) in [5.74, 6) is -70.5. The quantitative estimate of drug-likeness (QED) is 0.0401. The first-order chi connectivity index (χ1) is 26.8. The lowest BCUT2D eigenvalue weighted by Crippen LogP contribution is -2.81. The van der Waals surface area contributed by atoms with Crippen LogP contribution in [0.1, 0.15) is 10.4 Å². The van der Waals surface area contributed by atoms with E-state index in [9.17, 15) is 57.5 Å². The summed E-state index contributed by atoms with van der Waals surface area (Å²) < 4.78 is 295. The van der Waals surface area contributed by atoms with Gasteiger partial charge in [0.25, 0.3) is 0 Å². The van der Waals surface area contributed by atoms with Crippen LogP contribution in [0.15, 0.2) is 28.7 Å². The molecule has 0 aromatic heterocycles. The Hall–Kier alpha value is -4.74. The van der Waals surface area contributed by atoms with Gasteiger partial charge < -0.3 is 0 Å². The van der Waals surface area contributed by atoms with Crippen LogP contribution in [0.25, 0.3) is 0 Å². The van der Waals surface area contributed by atoms with Crippen molar-refractivity contribution in [3.63, 3.8) is 0 Å². The van der Waals surface area contributed by atoms with Gasteiger partial charge in [0.1, 0.15) is 52.7 Å². The molecule has 0 radical (unpaired) electrons. The zero-order chi connectivity index (χ0) is 44.2. The van der Waals surface area contributed by atoms with Gasteiger partial charge in [-0.1, -0.05) is 28.1 Å². The summed E-state index contributed by atoms with van der Waals surface area (Å²) >= 11 is 3.35. The first-order valence-corrected chi connectivity index (χ1v) is 17.9. The molecule has 58 heavy (non-hydrogen) atoms. The molecule has 0 saturated heterocycles. The van der Waals surface area contributed by atoms with Crippen molar-refractivity contribution in [2.45, 2.75) is 0 Å². The van der Waals surface area contributed by atoms with E-state index in [0.29, 0.717) is 5.75 Å². The van der Waals surface area contributed by atoms with E-state index >= 15 is 35.1 Å². The largest absolute Gasteiger partial charge is 0.289 e. The zero-order valence-corrected chi connectivity index (χ0v) is 30.3. The van der Waals surface area contributed by atoms with Crippen LogP contribution in [-0.2, 0) is 10.9 Å². The van der Waals surface area contributed by atoms with Gasteiger partial charge in [0.15, 0.2) is 75.6 Å². The second kappa shape index (κ2) is 16.9. The Morgan fingerprint density at radius 3 is 0.862 bits per heavy atom. The minimum Gasteiger partial charge on any atom is -0.289 e. The van der Waals surface area contributed by atoms with Gasteiger partial charge in [-0.15, -0.1) is 21.9 Å². The van der Waals surface area contributed by atoms with Crippen LogP contribution in [0.5, 0.6) is 0 Å². The van der Waals surface area contributed by atoms with Gasteiger partial charge in [-0.3, -0.25) is 4.79 Å². The summed E-state index contributed by atoms with van der Waals surface area (Å²) in [6.07, 6.45) is -3.06. The monoisotopic (exact) mass is 938 g/mol. The van der Waals surface area contributed by atoms with Crippen molar-refractivity contribution < 1.29 is 92.6 Å². The highest BCUT2D eigenvalue weighted by atomic mass is 79.9. The number of rotatable bonds is 7. The summed E-state index contributed by atoms with van der Waals surface area (Å²) in [5.41, 5.74) is -13.5. The molecule has 0 unspecified atom stereocenters. The Balaban J connectivity index is 0.000000486. The molecular weight excluding hydrogens is 927 g/mol. The predicted octanol–water partition coefficient (Wildman–Crippen LogP) is 8.36. The van der Waals surface area contributed by atoms with E-state index < -0.39 is 144 Å². The Morgan fingerprint density at radius 1 is 0.431 bits per heavy atom. The number of carbonyl (C=O) groups is 1. The summed E-state index contributed by atoms with van der Waals surface area (Å²) in [5, 5.41) is 0. The summed E-state index contributed by atoms with van der Waals surface area (Å²) in [4.78, 5) is 11.6. The van der Waals surface area contributed by atoms with Crippen LogP contribution in [0.4, 0.5) is 87.8 Å². The highest BCUT2D eigenvalue weighted by Crippen LogP contribution is 2.30. The maximum Gasteiger partial charge on any atom is 0.211 e. The summed E-state index contributed by atoms with van der Waals surface area (Å²) in [6, 6.07) is 7.55. The lowest BCUT2D eigenvalue weighted by molar-refractivity contribution is 0.102. The minimum absolute atomic E-state index is 0.182. The van der Waals surface area contributed by atoms with Crippen molar-refractivity contribution in [1.29, 1.82) is 0 Å². The van der Waals surface area contributed by atoms with Crippen molar-refractivity contribution in [1.82, 2.24) is 0 Å². The van der Waals surface area contributed by atoms with E-state index in [2.05, 4.69) is 28.4 Å². The lowest BCUT2D eigenvalue weighted by Gasteiger charge is -2.44. The molecule has 5 aromatic rings. The lowest BCUT2D eigenvalue weighted by atomic mass is 9.12. The molecule has 310 valence electrons. The molecule has 0 aliphatic rings. The number of Topliss-reactive ketones (excluding diaryl/α,β-unsaturated/α-hetero) is 1. The molecule has 0 spiro atoms. The van der Waals surface area contributed by atoms with E-state index in [1.54, 1.807) is 0 Å². The Labute approximate surface area is 321 Å². The van der Waals surface area contributed by atoms with Gasteiger partial charge in [0, 0.05) is 10.0 Å². The molecule has 0 saturated carbocycles. The van der Waals surface area contributed by atoms with Gasteiger partial charge >= 0.3 is 0 Å². The second-order valence-corrected chi connectivity index (χ2v) is 15.0. The second-order valence-electron chi connectivity index (χ2n) is 11.9. The number of ketones is 1. The molecule has 0 aliphatic carbocycles. The molecule has 0 heterocycles. The van der Waals surface area contributed by atoms with Crippen molar-refractivity contribution in [2.24, 2.45) is 0 Å². The average molecular weight is 939 g/mol. The van der Waals surface area contributed by atoms with E-state index in [4.69, 9.17) is 0 Å². The fourth-order valence-corrected chi connectivity index (χ4v) is 6.97. The molecule has 1 nitrogen and oxygen atoms in total. The smallest absolute Gasteiger partial charge is 0.211 e. The molecule has 5 rings (SSSR count). The average Bonchev–Trinajstić information content (AvgIpc) is 3.17. The number of hydrogen-bond acceptors (Lipinski definition) is 1. The van der Waals surface area contributed by atoms with Crippen LogP contribution in [0.2, 0.25) is 0 Å². The van der Waals surface area contributed by atoms with Crippen molar-refractivity contribution >= 4 is 60.6 Å². The Kier molecular flexibility index (Phi) is 13.4. The summed E-state index contributed by atoms with van der Waals surface area (Å²) in [6.45, 7) is 0. The fourth-order valence-electron chi connectivity index (χ4n) is 5.88. The molecule has 0 aliphatic heterocycles. The Morgan fingerprint density at radius 2 is 0.655 bits per heavy atom. The topological polar surface area (TPSA) is 17.1 Å². The fraction of sp³-hybridized carbons (Fsp3) is 0.0882. The molecule has 0 fully saturated rings. The van der Waals surface area contributed by atoms with Gasteiger partial charge in [-0.05, 0) is 23.0 Å². The maximum atomic E-state index is 15.4. The first-order valence-electron chi connectivity index (χ1n) is 14.9. The number of benzene rings is 5. The standard InChI is InChI=1S/C24BF20.C10H12BrOS/c26-5-1(6(27)14(35)21(42)13(5)34)25(2-7(28)15(36)22(43)16(37)8(2)29,3-9(30)17(38)23(44)18(39)10(3)31)4-11(32)19(40)24(45)20(41)12(4)33;1-13(2)7-10(12)8-4-3-5-9(11)6-8/h;3-6H,7H2,1-2H3/q-1;+1. The Bertz CT molecular complexity index is 2130. The molecule has 0 N–H and O–H groups in total. The number of hydrogen-bond donors (Lipinski definition) is 0. The van der Waals surface area contributed by atoms with Crippen molar-refractivity contribution in [3.8, 4) is 0 Å². The normalized spacial score (nSPS) is 11.7. The van der Waals surface area contributed by atoms with Crippen LogP contribution in [0, 0.1) is 116 Å². The van der Waals surface area contributed by atoms with Crippen LogP contribution < -0.4 is 21.9 Å². The first kappa shape index (κ1) is 46.0.